The summed E-state index contributed by atoms with van der Waals surface area (Å²) in [6.45, 7) is 6.21. The molecule has 0 saturated heterocycles. The molecule has 2 heteroatoms. The van der Waals surface area contributed by atoms with E-state index in [2.05, 4.69) is 54.9 Å². The number of pyridine rings is 1. The molecule has 0 aliphatic heterocycles. The number of aromatic nitrogens is 1. The Hall–Kier alpha value is -2.48. The van der Waals surface area contributed by atoms with Gasteiger partial charge in [-0.15, -0.1) is 0 Å². The van der Waals surface area contributed by atoms with Crippen LogP contribution in [0.25, 0.3) is 22.4 Å². The van der Waals surface area contributed by atoms with Crippen LogP contribution in [-0.4, -0.2) is 0 Å². The fourth-order valence-corrected chi connectivity index (χ4v) is 3.13. The van der Waals surface area contributed by atoms with E-state index in [4.69, 9.17) is 0 Å². The average Bonchev–Trinajstić information content (AvgIpc) is 2.49. The molecule has 2 aromatic carbocycles. The predicted octanol–water partition coefficient (Wildman–Crippen LogP) is 4.91. The van der Waals surface area contributed by atoms with Gasteiger partial charge in [0.2, 0.25) is 5.69 Å². The molecule has 0 aliphatic carbocycles. The summed E-state index contributed by atoms with van der Waals surface area (Å²) in [5, 5.41) is 0. The van der Waals surface area contributed by atoms with Crippen LogP contribution in [0.15, 0.2) is 54.7 Å². The molecule has 0 amide bonds. The highest BCUT2D eigenvalue weighted by atomic mass is 19.1. The van der Waals surface area contributed by atoms with E-state index in [0.717, 1.165) is 16.8 Å². The van der Waals surface area contributed by atoms with Gasteiger partial charge in [0, 0.05) is 17.2 Å². The highest BCUT2D eigenvalue weighted by Crippen LogP contribution is 2.30. The first-order valence-corrected chi connectivity index (χ1v) is 7.80. The number of benzene rings is 2. The third-order valence-corrected chi connectivity index (χ3v) is 4.37. The zero-order valence-corrected chi connectivity index (χ0v) is 14.0. The van der Waals surface area contributed by atoms with Crippen LogP contribution in [0, 0.1) is 26.6 Å². The molecular weight excluding hydrogens is 285 g/mol. The van der Waals surface area contributed by atoms with Crippen LogP contribution in [0.3, 0.4) is 0 Å². The molecule has 0 fully saturated rings. The van der Waals surface area contributed by atoms with E-state index < -0.39 is 0 Å². The molecule has 23 heavy (non-hydrogen) atoms. The second kappa shape index (κ2) is 5.96. The lowest BCUT2D eigenvalue weighted by atomic mass is 9.95. The van der Waals surface area contributed by atoms with Crippen molar-refractivity contribution in [1.29, 1.82) is 0 Å². The molecule has 0 unspecified atom stereocenters. The highest BCUT2D eigenvalue weighted by Gasteiger charge is 2.17. The molecular formula is C21H21FN+. The standard InChI is InChI=1S/C21H21FN/c1-14-7-5-6-8-18(14)20-12-21(23(4)13-16(20)3)19-10-9-17(22)11-15(19)2/h5-13H,1-4H3/q+1. The summed E-state index contributed by atoms with van der Waals surface area (Å²) in [6.07, 6.45) is 2.14. The van der Waals surface area contributed by atoms with Crippen LogP contribution in [-0.2, 0) is 7.05 Å². The predicted molar refractivity (Wildman–Crippen MR) is 92.7 cm³/mol. The number of halogens is 1. The van der Waals surface area contributed by atoms with Crippen molar-refractivity contribution in [2.24, 2.45) is 7.05 Å². The van der Waals surface area contributed by atoms with Crippen LogP contribution in [0.5, 0.6) is 0 Å². The van der Waals surface area contributed by atoms with Gasteiger partial charge in [-0.1, -0.05) is 24.3 Å². The maximum atomic E-state index is 13.4. The summed E-state index contributed by atoms with van der Waals surface area (Å²) < 4.78 is 15.5. The molecule has 0 atom stereocenters. The van der Waals surface area contributed by atoms with Crippen molar-refractivity contribution in [2.45, 2.75) is 20.8 Å². The zero-order valence-electron chi connectivity index (χ0n) is 14.0. The Morgan fingerprint density at radius 2 is 1.48 bits per heavy atom. The monoisotopic (exact) mass is 306 g/mol. The van der Waals surface area contributed by atoms with Crippen molar-refractivity contribution in [2.75, 3.05) is 0 Å². The third-order valence-electron chi connectivity index (χ3n) is 4.37. The van der Waals surface area contributed by atoms with E-state index in [1.165, 1.54) is 28.3 Å². The molecule has 0 bridgehead atoms. The molecule has 1 heterocycles. The first-order chi connectivity index (χ1) is 11.0. The van der Waals surface area contributed by atoms with E-state index in [1.54, 1.807) is 6.07 Å². The minimum atomic E-state index is -0.194. The minimum absolute atomic E-state index is 0.194. The van der Waals surface area contributed by atoms with Crippen molar-refractivity contribution in [1.82, 2.24) is 0 Å². The summed E-state index contributed by atoms with van der Waals surface area (Å²) in [7, 11) is 2.03. The Morgan fingerprint density at radius 1 is 0.739 bits per heavy atom. The summed E-state index contributed by atoms with van der Waals surface area (Å²) >= 11 is 0. The number of rotatable bonds is 2. The first kappa shape index (κ1) is 15.4. The second-order valence-corrected chi connectivity index (χ2v) is 6.14. The summed E-state index contributed by atoms with van der Waals surface area (Å²) in [5.74, 6) is -0.194. The van der Waals surface area contributed by atoms with E-state index in [0.29, 0.717) is 0 Å². The Morgan fingerprint density at radius 3 is 2.17 bits per heavy atom. The third kappa shape index (κ3) is 2.89. The van der Waals surface area contributed by atoms with Gasteiger partial charge < -0.3 is 0 Å². The SMILES string of the molecule is Cc1ccccc1-c1cc(-c2ccc(F)cc2C)[n+](C)cc1C. The maximum Gasteiger partial charge on any atom is 0.213 e. The molecule has 0 saturated carbocycles. The van der Waals surface area contributed by atoms with Gasteiger partial charge in [-0.05, 0) is 61.2 Å². The minimum Gasteiger partial charge on any atom is -0.207 e. The number of nitrogens with zero attached hydrogens (tertiary/aromatic N) is 1. The molecule has 3 rings (SSSR count). The fourth-order valence-electron chi connectivity index (χ4n) is 3.13. The Bertz CT molecular complexity index is 881. The molecule has 0 spiro atoms. The van der Waals surface area contributed by atoms with Gasteiger partial charge in [0.25, 0.3) is 0 Å². The van der Waals surface area contributed by atoms with Gasteiger partial charge >= 0.3 is 0 Å². The van der Waals surface area contributed by atoms with Gasteiger partial charge in [-0.3, -0.25) is 0 Å². The number of hydrogen-bond acceptors (Lipinski definition) is 0. The van der Waals surface area contributed by atoms with E-state index in [-0.39, 0.29) is 5.82 Å². The largest absolute Gasteiger partial charge is 0.213 e. The topological polar surface area (TPSA) is 3.88 Å². The van der Waals surface area contributed by atoms with Crippen molar-refractivity contribution < 1.29 is 8.96 Å². The van der Waals surface area contributed by atoms with Crippen molar-refractivity contribution >= 4 is 0 Å². The lowest BCUT2D eigenvalue weighted by molar-refractivity contribution is -0.660. The molecule has 0 N–H and O–H groups in total. The van der Waals surface area contributed by atoms with Gasteiger partial charge in [0.1, 0.15) is 12.9 Å². The molecule has 3 aromatic rings. The van der Waals surface area contributed by atoms with E-state index >= 15 is 0 Å². The van der Waals surface area contributed by atoms with Crippen molar-refractivity contribution in [3.63, 3.8) is 0 Å². The smallest absolute Gasteiger partial charge is 0.207 e. The molecule has 0 aliphatic rings. The van der Waals surface area contributed by atoms with E-state index in [1.807, 2.05) is 20.0 Å². The van der Waals surface area contributed by atoms with Crippen LogP contribution in [0.1, 0.15) is 16.7 Å². The van der Waals surface area contributed by atoms with Crippen LogP contribution >= 0.6 is 0 Å². The lowest BCUT2D eigenvalue weighted by Crippen LogP contribution is -2.31. The van der Waals surface area contributed by atoms with Crippen molar-refractivity contribution in [3.05, 3.63) is 77.2 Å². The van der Waals surface area contributed by atoms with Gasteiger partial charge in [-0.25, -0.2) is 8.96 Å². The maximum absolute atomic E-state index is 13.4. The first-order valence-electron chi connectivity index (χ1n) is 7.80. The van der Waals surface area contributed by atoms with Crippen molar-refractivity contribution in [3.8, 4) is 22.4 Å². The van der Waals surface area contributed by atoms with Gasteiger partial charge in [0.05, 0.1) is 0 Å². The van der Waals surface area contributed by atoms with Gasteiger partial charge in [0.15, 0.2) is 6.20 Å². The Labute approximate surface area is 137 Å². The Kier molecular flexibility index (Phi) is 3.99. The molecule has 1 nitrogen and oxygen atoms in total. The van der Waals surface area contributed by atoms with Gasteiger partial charge in [-0.2, -0.15) is 0 Å². The average molecular weight is 306 g/mol. The Balaban J connectivity index is 2.24. The summed E-state index contributed by atoms with van der Waals surface area (Å²) in [4.78, 5) is 0. The highest BCUT2D eigenvalue weighted by molar-refractivity contribution is 5.74. The van der Waals surface area contributed by atoms with Crippen LogP contribution in [0.4, 0.5) is 4.39 Å². The van der Waals surface area contributed by atoms with Crippen LogP contribution < -0.4 is 4.57 Å². The normalized spacial score (nSPS) is 10.8. The molecule has 1 aromatic heterocycles. The fraction of sp³-hybridized carbons (Fsp3) is 0.190. The second-order valence-electron chi connectivity index (χ2n) is 6.14. The molecule has 116 valence electrons. The number of hydrogen-bond donors (Lipinski definition) is 0. The lowest BCUT2D eigenvalue weighted by Gasteiger charge is -2.11. The summed E-state index contributed by atoms with van der Waals surface area (Å²) in [6, 6.07) is 15.6. The summed E-state index contributed by atoms with van der Waals surface area (Å²) in [5.41, 5.74) is 8.04. The van der Waals surface area contributed by atoms with Crippen LogP contribution in [0.2, 0.25) is 0 Å². The zero-order chi connectivity index (χ0) is 16.6. The van der Waals surface area contributed by atoms with E-state index in [9.17, 15) is 4.39 Å². The molecule has 0 radical (unpaired) electrons. The number of aryl methyl sites for hydroxylation is 4. The quantitative estimate of drug-likeness (QED) is 0.592.